The molecule has 0 aromatic heterocycles. The summed E-state index contributed by atoms with van der Waals surface area (Å²) in [5, 5.41) is 0. The number of halogens is 1. The van der Waals surface area contributed by atoms with Crippen molar-refractivity contribution in [3.8, 4) is 0 Å². The van der Waals surface area contributed by atoms with Crippen LogP contribution < -0.4 is 5.73 Å². The van der Waals surface area contributed by atoms with Crippen molar-refractivity contribution in [1.82, 2.24) is 4.90 Å². The minimum Gasteiger partial charge on any atom is -0.330 e. The average molecular weight is 311 g/mol. The van der Waals surface area contributed by atoms with Gasteiger partial charge in [-0.15, -0.1) is 0 Å². The predicted octanol–water partition coefficient (Wildman–Crippen LogP) is 3.46. The van der Waals surface area contributed by atoms with E-state index >= 15 is 0 Å². The second-order valence-corrected chi connectivity index (χ2v) is 6.15. The number of hydrogen-bond acceptors (Lipinski definition) is 2. The fourth-order valence-electron chi connectivity index (χ4n) is 2.79. The number of aryl methyl sites for hydroxylation is 1. The Morgan fingerprint density at radius 3 is 2.94 bits per heavy atom. The fraction of sp³-hybridized carbons (Fsp3) is 0.600. The summed E-state index contributed by atoms with van der Waals surface area (Å²) >= 11 is 3.68. The van der Waals surface area contributed by atoms with Gasteiger partial charge in [-0.25, -0.2) is 0 Å². The minimum atomic E-state index is 0.678. The summed E-state index contributed by atoms with van der Waals surface area (Å²) in [6.45, 7) is 5.19. The molecule has 1 aromatic carbocycles. The molecule has 0 spiro atoms. The van der Waals surface area contributed by atoms with Crippen molar-refractivity contribution >= 4 is 15.9 Å². The Kier molecular flexibility index (Phi) is 5.22. The van der Waals surface area contributed by atoms with Gasteiger partial charge >= 0.3 is 0 Å². The van der Waals surface area contributed by atoms with Gasteiger partial charge in [-0.2, -0.15) is 0 Å². The first-order valence-corrected chi connectivity index (χ1v) is 7.69. The van der Waals surface area contributed by atoms with Crippen molar-refractivity contribution in [2.45, 2.75) is 45.2 Å². The van der Waals surface area contributed by atoms with Crippen molar-refractivity contribution in [2.75, 3.05) is 13.1 Å². The lowest BCUT2D eigenvalue weighted by molar-refractivity contribution is 0.134. The normalized spacial score (nSPS) is 21.2. The van der Waals surface area contributed by atoms with Crippen LogP contribution >= 0.6 is 15.9 Å². The highest BCUT2D eigenvalue weighted by Crippen LogP contribution is 2.25. The molecule has 0 radical (unpaired) electrons. The van der Waals surface area contributed by atoms with Crippen molar-refractivity contribution in [1.29, 1.82) is 0 Å². The Bertz CT molecular complexity index is 390. The van der Waals surface area contributed by atoms with Crippen LogP contribution in [0.1, 0.15) is 36.8 Å². The molecule has 1 aromatic rings. The first-order valence-electron chi connectivity index (χ1n) is 6.90. The maximum atomic E-state index is 5.73. The van der Waals surface area contributed by atoms with Crippen LogP contribution in [-0.4, -0.2) is 24.0 Å². The Morgan fingerprint density at radius 1 is 1.39 bits per heavy atom. The summed E-state index contributed by atoms with van der Waals surface area (Å²) in [6, 6.07) is 7.32. The molecule has 2 rings (SSSR count). The van der Waals surface area contributed by atoms with Crippen molar-refractivity contribution < 1.29 is 0 Å². The monoisotopic (exact) mass is 310 g/mol. The topological polar surface area (TPSA) is 29.3 Å². The Labute approximate surface area is 119 Å². The number of hydrogen-bond donors (Lipinski definition) is 1. The summed E-state index contributed by atoms with van der Waals surface area (Å²) < 4.78 is 1.24. The lowest BCUT2D eigenvalue weighted by atomic mass is 9.98. The fourth-order valence-corrected chi connectivity index (χ4v) is 3.41. The zero-order valence-corrected chi connectivity index (χ0v) is 12.7. The number of piperidine rings is 1. The lowest BCUT2D eigenvalue weighted by Crippen LogP contribution is -2.40. The lowest BCUT2D eigenvalue weighted by Gasteiger charge is -2.36. The summed E-state index contributed by atoms with van der Waals surface area (Å²) in [5.41, 5.74) is 8.43. The first kappa shape index (κ1) is 14.0. The van der Waals surface area contributed by atoms with Crippen LogP contribution in [0.3, 0.4) is 0 Å². The van der Waals surface area contributed by atoms with Crippen LogP contribution in [0.15, 0.2) is 22.7 Å². The molecule has 1 fully saturated rings. The maximum absolute atomic E-state index is 5.73. The molecule has 0 saturated carbocycles. The van der Waals surface area contributed by atoms with E-state index in [1.807, 2.05) is 0 Å². The average Bonchev–Trinajstić information content (AvgIpc) is 2.35. The number of benzene rings is 1. The molecule has 0 amide bonds. The molecule has 1 atom stereocenters. The summed E-state index contributed by atoms with van der Waals surface area (Å²) in [6.07, 6.45) is 5.12. The number of nitrogens with zero attached hydrogens (tertiary/aromatic N) is 1. The molecule has 3 heteroatoms. The summed E-state index contributed by atoms with van der Waals surface area (Å²) in [5.74, 6) is 0. The summed E-state index contributed by atoms with van der Waals surface area (Å²) in [4.78, 5) is 2.60. The molecular weight excluding hydrogens is 288 g/mol. The first-order chi connectivity index (χ1) is 8.70. The molecule has 1 aliphatic rings. The van der Waals surface area contributed by atoms with E-state index in [4.69, 9.17) is 5.73 Å². The van der Waals surface area contributed by atoms with Gasteiger partial charge in [-0.3, -0.25) is 4.90 Å². The van der Waals surface area contributed by atoms with Gasteiger partial charge in [0.25, 0.3) is 0 Å². The molecule has 2 N–H and O–H groups in total. The van der Waals surface area contributed by atoms with Crippen LogP contribution in [0.5, 0.6) is 0 Å². The molecule has 1 unspecified atom stereocenters. The summed E-state index contributed by atoms with van der Waals surface area (Å²) in [7, 11) is 0. The highest BCUT2D eigenvalue weighted by molar-refractivity contribution is 9.10. The van der Waals surface area contributed by atoms with Crippen LogP contribution in [0.4, 0.5) is 0 Å². The zero-order valence-electron chi connectivity index (χ0n) is 11.2. The van der Waals surface area contributed by atoms with Gasteiger partial charge in [0.1, 0.15) is 0 Å². The molecule has 2 nitrogen and oxygen atoms in total. The molecule has 18 heavy (non-hydrogen) atoms. The van der Waals surface area contributed by atoms with E-state index in [0.717, 1.165) is 19.5 Å². The zero-order chi connectivity index (χ0) is 13.0. The number of nitrogens with two attached hydrogens (primary N) is 1. The van der Waals surface area contributed by atoms with Gasteiger partial charge < -0.3 is 5.73 Å². The molecule has 1 heterocycles. The number of rotatable bonds is 4. The highest BCUT2D eigenvalue weighted by atomic mass is 79.9. The molecule has 0 aliphatic carbocycles. The van der Waals surface area contributed by atoms with Gasteiger partial charge in [-0.05, 0) is 56.5 Å². The van der Waals surface area contributed by atoms with Crippen molar-refractivity contribution in [3.05, 3.63) is 33.8 Å². The van der Waals surface area contributed by atoms with Gasteiger partial charge in [0.05, 0.1) is 0 Å². The molecular formula is C15H23BrN2. The Hall–Kier alpha value is -0.380. The van der Waals surface area contributed by atoms with Crippen molar-refractivity contribution in [3.63, 3.8) is 0 Å². The van der Waals surface area contributed by atoms with Crippen molar-refractivity contribution in [2.24, 2.45) is 5.73 Å². The largest absolute Gasteiger partial charge is 0.330 e. The standard InChI is InChI=1S/C15H23BrN2/c1-12-5-6-13(15(16)10-12)11-18-9-3-2-4-14(18)7-8-17/h5-6,10,14H,2-4,7-9,11,17H2,1H3. The third-order valence-corrected chi connectivity index (χ3v) is 4.57. The SMILES string of the molecule is Cc1ccc(CN2CCCCC2CCN)c(Br)c1. The van der Waals surface area contributed by atoms with Crippen LogP contribution in [0.25, 0.3) is 0 Å². The Balaban J connectivity index is 2.06. The second kappa shape index (κ2) is 6.69. The second-order valence-electron chi connectivity index (χ2n) is 5.29. The molecule has 1 saturated heterocycles. The van der Waals surface area contributed by atoms with E-state index in [-0.39, 0.29) is 0 Å². The van der Waals surface area contributed by atoms with Crippen LogP contribution in [0, 0.1) is 6.92 Å². The van der Waals surface area contributed by atoms with E-state index in [9.17, 15) is 0 Å². The van der Waals surface area contributed by atoms with Crippen LogP contribution in [-0.2, 0) is 6.54 Å². The quantitative estimate of drug-likeness (QED) is 0.922. The van der Waals surface area contributed by atoms with E-state index in [0.29, 0.717) is 6.04 Å². The van der Waals surface area contributed by atoms with Crippen LogP contribution in [0.2, 0.25) is 0 Å². The molecule has 100 valence electrons. The maximum Gasteiger partial charge on any atom is 0.0247 e. The van der Waals surface area contributed by atoms with E-state index in [1.54, 1.807) is 0 Å². The number of likely N-dealkylation sites (tertiary alicyclic amines) is 1. The molecule has 1 aliphatic heterocycles. The van der Waals surface area contributed by atoms with Gasteiger partial charge in [0.15, 0.2) is 0 Å². The van der Waals surface area contributed by atoms with Gasteiger partial charge in [0, 0.05) is 17.1 Å². The highest BCUT2D eigenvalue weighted by Gasteiger charge is 2.22. The van der Waals surface area contributed by atoms with E-state index in [1.165, 1.54) is 41.4 Å². The van der Waals surface area contributed by atoms with E-state index < -0.39 is 0 Å². The minimum absolute atomic E-state index is 0.678. The van der Waals surface area contributed by atoms with E-state index in [2.05, 4.69) is 46.0 Å². The Morgan fingerprint density at radius 2 is 2.22 bits per heavy atom. The smallest absolute Gasteiger partial charge is 0.0247 e. The molecule has 0 bridgehead atoms. The van der Waals surface area contributed by atoms with Gasteiger partial charge in [0.2, 0.25) is 0 Å². The van der Waals surface area contributed by atoms with Gasteiger partial charge in [-0.1, -0.05) is 34.5 Å². The predicted molar refractivity (Wildman–Crippen MR) is 80.6 cm³/mol. The third-order valence-electron chi connectivity index (χ3n) is 3.83. The third kappa shape index (κ3) is 3.56.